The van der Waals surface area contributed by atoms with E-state index >= 15 is 0 Å². The lowest BCUT2D eigenvalue weighted by Gasteiger charge is -2.27. The summed E-state index contributed by atoms with van der Waals surface area (Å²) in [6, 6.07) is 73.9. The van der Waals surface area contributed by atoms with Crippen molar-refractivity contribution in [3.8, 4) is 33.4 Å². The zero-order chi connectivity index (χ0) is 42.2. The third kappa shape index (κ3) is 8.59. The van der Waals surface area contributed by atoms with Crippen LogP contribution in [0.3, 0.4) is 0 Å². The molecule has 1 aliphatic carbocycles. The quantitative estimate of drug-likeness (QED) is 0.124. The lowest BCUT2D eigenvalue weighted by molar-refractivity contribution is 0.820. The van der Waals surface area contributed by atoms with Crippen molar-refractivity contribution >= 4 is 40.2 Å². The zero-order valence-electron chi connectivity index (χ0n) is 35.0. The van der Waals surface area contributed by atoms with Gasteiger partial charge in [0.1, 0.15) is 0 Å². The van der Waals surface area contributed by atoms with E-state index in [2.05, 4.69) is 258 Å². The van der Waals surface area contributed by atoms with Crippen molar-refractivity contribution in [3.63, 3.8) is 0 Å². The lowest BCUT2D eigenvalue weighted by atomic mass is 9.90. The number of anilines is 6. The normalized spacial score (nSPS) is 14.3. The molecule has 10 rings (SSSR count). The molecule has 0 saturated carbocycles. The fourth-order valence-electron chi connectivity index (χ4n) is 8.78. The Kier molecular flexibility index (Phi) is 11.3. The van der Waals surface area contributed by atoms with Gasteiger partial charge in [0.2, 0.25) is 0 Å². The Morgan fingerprint density at radius 2 is 1.10 bits per heavy atom. The van der Waals surface area contributed by atoms with Crippen molar-refractivity contribution in [3.05, 3.63) is 272 Å². The molecule has 302 valence electrons. The third-order valence-electron chi connectivity index (χ3n) is 11.7. The van der Waals surface area contributed by atoms with E-state index in [0.717, 1.165) is 40.3 Å². The van der Waals surface area contributed by atoms with Crippen molar-refractivity contribution in [2.24, 2.45) is 0 Å². The molecule has 1 N–H and O–H groups in total. The van der Waals surface area contributed by atoms with Crippen molar-refractivity contribution in [1.29, 1.82) is 0 Å². The molecule has 1 unspecified atom stereocenters. The molecule has 0 fully saturated rings. The van der Waals surface area contributed by atoms with E-state index in [1.54, 1.807) is 0 Å². The van der Waals surface area contributed by atoms with Gasteiger partial charge in [0.25, 0.3) is 0 Å². The van der Waals surface area contributed by atoms with Gasteiger partial charge in [-0.15, -0.1) is 0 Å². The molecule has 0 aromatic heterocycles. The average Bonchev–Trinajstić information content (AvgIpc) is 3.69. The van der Waals surface area contributed by atoms with Crippen LogP contribution in [0.2, 0.25) is 0 Å². The summed E-state index contributed by atoms with van der Waals surface area (Å²) < 4.78 is 0. The average molecular weight is 810 g/mol. The summed E-state index contributed by atoms with van der Waals surface area (Å²) in [5.41, 5.74) is 17.7. The predicted octanol–water partition coefficient (Wildman–Crippen LogP) is 16.4. The summed E-state index contributed by atoms with van der Waals surface area (Å²) in [7, 11) is 0. The van der Waals surface area contributed by atoms with Gasteiger partial charge in [-0.05, 0) is 142 Å². The van der Waals surface area contributed by atoms with E-state index < -0.39 is 0 Å². The molecule has 2 aliphatic rings. The Morgan fingerprint density at radius 1 is 0.476 bits per heavy atom. The second-order valence-corrected chi connectivity index (χ2v) is 15.8. The maximum absolute atomic E-state index is 3.43. The van der Waals surface area contributed by atoms with Gasteiger partial charge in [-0.2, -0.15) is 0 Å². The van der Waals surface area contributed by atoms with Gasteiger partial charge in [-0.1, -0.05) is 164 Å². The fraction of sp³-hybridized carbons (Fsp3) is 0.0333. The second-order valence-electron chi connectivity index (χ2n) is 15.8. The van der Waals surface area contributed by atoms with Crippen LogP contribution in [0.25, 0.3) is 39.5 Å². The summed E-state index contributed by atoms with van der Waals surface area (Å²) in [5.74, 6) is 0.301. The highest BCUT2D eigenvalue weighted by Gasteiger charge is 2.35. The fourth-order valence-corrected chi connectivity index (χ4v) is 8.78. The Bertz CT molecular complexity index is 3000. The molecule has 63 heavy (non-hydrogen) atoms. The first kappa shape index (κ1) is 39.0. The molecule has 3 nitrogen and oxygen atoms in total. The van der Waals surface area contributed by atoms with Gasteiger partial charge >= 0.3 is 0 Å². The summed E-state index contributed by atoms with van der Waals surface area (Å²) in [6.45, 7) is 0. The number of benzene rings is 8. The number of hydrogen-bond acceptors (Lipinski definition) is 3. The molecule has 0 amide bonds. The Balaban J connectivity index is 1.01. The molecule has 0 spiro atoms. The highest BCUT2D eigenvalue weighted by atomic mass is 15.2. The molecule has 8 aromatic rings. The molecule has 3 heteroatoms. The van der Waals surface area contributed by atoms with Crippen molar-refractivity contribution < 1.29 is 0 Å². The summed E-state index contributed by atoms with van der Waals surface area (Å²) in [4.78, 5) is 4.81. The number of nitrogens with one attached hydrogen (secondary N) is 1. The van der Waals surface area contributed by atoms with E-state index in [4.69, 9.17) is 0 Å². The maximum Gasteiger partial charge on any atom is 0.0497 e. The number of para-hydroxylation sites is 2. The van der Waals surface area contributed by atoms with Gasteiger partial charge in [0.05, 0.1) is 0 Å². The molecular formula is C60H47N3. The van der Waals surface area contributed by atoms with Crippen LogP contribution in [-0.2, 0) is 0 Å². The third-order valence-corrected chi connectivity index (χ3v) is 11.7. The number of nitrogens with zero attached hydrogens (tertiary/aromatic N) is 2. The lowest BCUT2D eigenvalue weighted by Crippen LogP contribution is -2.14. The highest BCUT2D eigenvalue weighted by Crippen LogP contribution is 2.51. The zero-order valence-corrected chi connectivity index (χ0v) is 35.0. The highest BCUT2D eigenvalue weighted by molar-refractivity contribution is 5.86. The number of hydrogen-bond donors (Lipinski definition) is 1. The maximum atomic E-state index is 3.43. The molecule has 0 radical (unpaired) electrons. The van der Waals surface area contributed by atoms with Gasteiger partial charge < -0.3 is 15.1 Å². The summed E-state index contributed by atoms with van der Waals surface area (Å²) in [6.07, 6.45) is 20.2. The van der Waals surface area contributed by atoms with E-state index in [9.17, 15) is 0 Å². The van der Waals surface area contributed by atoms with Crippen molar-refractivity contribution in [2.75, 3.05) is 15.1 Å². The first-order chi connectivity index (χ1) is 31.2. The van der Waals surface area contributed by atoms with Crippen LogP contribution in [-0.4, -0.2) is 0 Å². The van der Waals surface area contributed by atoms with E-state index in [-0.39, 0.29) is 0 Å². The van der Waals surface area contributed by atoms with E-state index in [1.165, 1.54) is 50.5 Å². The van der Waals surface area contributed by atoms with Crippen LogP contribution in [0.1, 0.15) is 23.5 Å². The Morgan fingerprint density at radius 3 is 1.86 bits per heavy atom. The first-order valence-electron chi connectivity index (χ1n) is 21.7. The van der Waals surface area contributed by atoms with E-state index in [0.29, 0.717) is 5.92 Å². The number of fused-ring (bicyclic) bond motifs is 3. The molecule has 0 saturated heterocycles. The monoisotopic (exact) mass is 809 g/mol. The van der Waals surface area contributed by atoms with Gasteiger partial charge in [0, 0.05) is 51.9 Å². The standard InChI is InChI=1S/C60H47N3/c1(2-18-38-61-52-28-19-26-48(41-52)46-22-8-3-9-23-46)7-21-45-39-51(50-36-37-60-58(44-50)57-34-16-17-35-59(57)63(60)54-31-14-6-15-32-54)43-56(40-45)62(53-29-12-5-13-30-53)55-33-20-27-49(42-55)47-24-10-4-11-25-47/h1-33,35-44,57,61H,34H2/b2-1-,21-7-,38-18+. The number of rotatable bonds is 12. The SMILES string of the molecule is C1=CCC2C(=C1)N(c1ccccc1)c1ccc(-c3cc(\C=C/C=C\C=C\Nc4cccc(-c5ccccc5)c4)cc(N(c4ccccc4)c4cccc(-c5ccccc5)c4)c3)cc12. The van der Waals surface area contributed by atoms with Gasteiger partial charge in [0.15, 0.2) is 0 Å². The van der Waals surface area contributed by atoms with Crippen LogP contribution in [0.15, 0.2) is 261 Å². The molecule has 8 aromatic carbocycles. The molecule has 0 bridgehead atoms. The summed E-state index contributed by atoms with van der Waals surface area (Å²) >= 11 is 0. The minimum atomic E-state index is 0.301. The smallest absolute Gasteiger partial charge is 0.0497 e. The van der Waals surface area contributed by atoms with Crippen LogP contribution in [0, 0.1) is 0 Å². The molecule has 1 heterocycles. The minimum Gasteiger partial charge on any atom is -0.362 e. The van der Waals surface area contributed by atoms with Crippen molar-refractivity contribution in [1.82, 2.24) is 0 Å². The van der Waals surface area contributed by atoms with Gasteiger partial charge in [-0.3, -0.25) is 0 Å². The molecule has 1 aliphatic heterocycles. The number of allylic oxidation sites excluding steroid dienone is 8. The minimum absolute atomic E-state index is 0.301. The molecular weight excluding hydrogens is 763 g/mol. The topological polar surface area (TPSA) is 18.5 Å². The Labute approximate surface area is 371 Å². The van der Waals surface area contributed by atoms with Crippen molar-refractivity contribution in [2.45, 2.75) is 12.3 Å². The van der Waals surface area contributed by atoms with Crippen LogP contribution in [0.4, 0.5) is 34.1 Å². The van der Waals surface area contributed by atoms with Gasteiger partial charge in [-0.25, -0.2) is 0 Å². The predicted molar refractivity (Wildman–Crippen MR) is 268 cm³/mol. The first-order valence-corrected chi connectivity index (χ1v) is 21.7. The van der Waals surface area contributed by atoms with Crippen LogP contribution >= 0.6 is 0 Å². The van der Waals surface area contributed by atoms with Crippen LogP contribution < -0.4 is 15.1 Å². The van der Waals surface area contributed by atoms with Crippen LogP contribution in [0.5, 0.6) is 0 Å². The van der Waals surface area contributed by atoms with E-state index in [1.807, 2.05) is 18.3 Å². The largest absolute Gasteiger partial charge is 0.362 e. The summed E-state index contributed by atoms with van der Waals surface area (Å²) in [5, 5.41) is 3.43. The Hall–Kier alpha value is -8.14. The second kappa shape index (κ2) is 18.2. The molecule has 1 atom stereocenters.